The number of anilines is 1. The van der Waals surface area contributed by atoms with E-state index in [9.17, 15) is 13.2 Å². The number of rotatable bonds is 7. The van der Waals surface area contributed by atoms with Gasteiger partial charge in [0.25, 0.3) is 5.91 Å². The highest BCUT2D eigenvalue weighted by Gasteiger charge is 2.22. The first kappa shape index (κ1) is 20.9. The van der Waals surface area contributed by atoms with Crippen LogP contribution < -0.4 is 10.1 Å². The Balaban J connectivity index is 1.97. The monoisotopic (exact) mass is 390 g/mol. The van der Waals surface area contributed by atoms with Gasteiger partial charge in [-0.25, -0.2) is 8.42 Å². The number of carbonyl (C=O) groups excluding carboxylic acids is 1. The first-order chi connectivity index (χ1) is 12.6. The fraction of sp³-hybridized carbons (Fsp3) is 0.350. The molecule has 2 aromatic rings. The zero-order chi connectivity index (χ0) is 20.2. The highest BCUT2D eigenvalue weighted by Crippen LogP contribution is 2.19. The second kappa shape index (κ2) is 8.54. The first-order valence-electron chi connectivity index (χ1n) is 8.69. The molecule has 0 saturated carbocycles. The first-order valence-corrected chi connectivity index (χ1v) is 10.1. The van der Waals surface area contributed by atoms with E-state index in [0.29, 0.717) is 11.4 Å². The van der Waals surface area contributed by atoms with Crippen LogP contribution in [0.5, 0.6) is 5.75 Å². The number of nitrogens with one attached hydrogen (secondary N) is 1. The molecule has 6 nitrogen and oxygen atoms in total. The van der Waals surface area contributed by atoms with Gasteiger partial charge >= 0.3 is 0 Å². The van der Waals surface area contributed by atoms with Crippen molar-refractivity contribution in [2.75, 3.05) is 19.0 Å². The number of sulfonamides is 1. The average molecular weight is 391 g/mol. The molecule has 0 bridgehead atoms. The van der Waals surface area contributed by atoms with Gasteiger partial charge in [-0.3, -0.25) is 4.79 Å². The van der Waals surface area contributed by atoms with Gasteiger partial charge in [0.15, 0.2) is 6.61 Å². The van der Waals surface area contributed by atoms with Gasteiger partial charge in [-0.2, -0.15) is 4.31 Å². The van der Waals surface area contributed by atoms with Crippen LogP contribution in [0.4, 0.5) is 5.69 Å². The molecule has 2 aromatic carbocycles. The SMILES string of the molecule is Cc1ccc(OCC(=O)Nc2ccc(S(=O)(=O)N(C)C(C)C)cc2)cc1C. The molecular weight excluding hydrogens is 364 g/mol. The van der Waals surface area contributed by atoms with Crippen molar-refractivity contribution in [2.24, 2.45) is 0 Å². The molecule has 0 radical (unpaired) electrons. The molecule has 0 fully saturated rings. The Morgan fingerprint density at radius 1 is 1.07 bits per heavy atom. The fourth-order valence-electron chi connectivity index (χ4n) is 2.30. The summed E-state index contributed by atoms with van der Waals surface area (Å²) in [4.78, 5) is 12.2. The van der Waals surface area contributed by atoms with Crippen LogP contribution >= 0.6 is 0 Å². The van der Waals surface area contributed by atoms with Gasteiger partial charge in [0, 0.05) is 18.8 Å². The number of nitrogens with zero attached hydrogens (tertiary/aromatic N) is 1. The molecule has 0 aliphatic heterocycles. The zero-order valence-corrected chi connectivity index (χ0v) is 17.1. The van der Waals surface area contributed by atoms with Crippen molar-refractivity contribution in [3.8, 4) is 5.75 Å². The predicted octanol–water partition coefficient (Wildman–Crippen LogP) is 3.35. The summed E-state index contributed by atoms with van der Waals surface area (Å²) in [5, 5.41) is 2.70. The third-order valence-electron chi connectivity index (χ3n) is 4.39. The van der Waals surface area contributed by atoms with E-state index in [-0.39, 0.29) is 23.5 Å². The lowest BCUT2D eigenvalue weighted by atomic mass is 10.1. The molecule has 27 heavy (non-hydrogen) atoms. The number of ether oxygens (including phenoxy) is 1. The summed E-state index contributed by atoms with van der Waals surface area (Å²) in [5.41, 5.74) is 2.76. The smallest absolute Gasteiger partial charge is 0.262 e. The maximum absolute atomic E-state index is 12.4. The van der Waals surface area contributed by atoms with Gasteiger partial charge in [0.05, 0.1) is 4.90 Å². The summed E-state index contributed by atoms with van der Waals surface area (Å²) < 4.78 is 31.7. The van der Waals surface area contributed by atoms with Gasteiger partial charge in [-0.05, 0) is 75.2 Å². The molecule has 2 rings (SSSR count). The summed E-state index contributed by atoms with van der Waals surface area (Å²) in [7, 11) is -2.00. The van der Waals surface area contributed by atoms with Crippen LogP contribution in [0, 0.1) is 13.8 Å². The van der Waals surface area contributed by atoms with E-state index >= 15 is 0 Å². The topological polar surface area (TPSA) is 75.7 Å². The standard InChI is InChI=1S/C20H26N2O4S/c1-14(2)22(5)27(24,25)19-10-7-17(8-11-19)21-20(23)13-26-18-9-6-15(3)16(4)12-18/h6-12,14H,13H2,1-5H3,(H,21,23). The molecule has 0 atom stereocenters. The second-order valence-electron chi connectivity index (χ2n) is 6.72. The van der Waals surface area contributed by atoms with E-state index in [1.807, 2.05) is 45.9 Å². The molecular formula is C20H26N2O4S. The lowest BCUT2D eigenvalue weighted by Crippen LogP contribution is -2.33. The van der Waals surface area contributed by atoms with Crippen molar-refractivity contribution in [1.29, 1.82) is 0 Å². The number of carbonyl (C=O) groups is 1. The van der Waals surface area contributed by atoms with E-state index in [0.717, 1.165) is 11.1 Å². The average Bonchev–Trinajstić information content (AvgIpc) is 2.62. The van der Waals surface area contributed by atoms with Gasteiger partial charge in [0.1, 0.15) is 5.75 Å². The summed E-state index contributed by atoms with van der Waals surface area (Å²) in [5.74, 6) is 0.314. The second-order valence-corrected chi connectivity index (χ2v) is 8.72. The minimum atomic E-state index is -3.54. The molecule has 1 N–H and O–H groups in total. The maximum atomic E-state index is 12.4. The molecule has 146 valence electrons. The lowest BCUT2D eigenvalue weighted by molar-refractivity contribution is -0.118. The number of aryl methyl sites for hydroxylation is 2. The summed E-state index contributed by atoms with van der Waals surface area (Å²) >= 11 is 0. The van der Waals surface area contributed by atoms with Crippen LogP contribution in [0.25, 0.3) is 0 Å². The molecule has 0 saturated heterocycles. The van der Waals surface area contributed by atoms with Gasteiger partial charge in [-0.15, -0.1) is 0 Å². The number of benzene rings is 2. The van der Waals surface area contributed by atoms with Crippen molar-refractivity contribution in [1.82, 2.24) is 4.31 Å². The van der Waals surface area contributed by atoms with Crippen molar-refractivity contribution in [2.45, 2.75) is 38.6 Å². The third-order valence-corrected chi connectivity index (χ3v) is 6.44. The normalized spacial score (nSPS) is 11.7. The van der Waals surface area contributed by atoms with E-state index < -0.39 is 10.0 Å². The lowest BCUT2D eigenvalue weighted by Gasteiger charge is -2.21. The highest BCUT2D eigenvalue weighted by molar-refractivity contribution is 7.89. The Bertz CT molecular complexity index is 906. The Hall–Kier alpha value is -2.38. The van der Waals surface area contributed by atoms with Crippen molar-refractivity contribution >= 4 is 21.6 Å². The number of amides is 1. The Kier molecular flexibility index (Phi) is 6.62. The summed E-state index contributed by atoms with van der Waals surface area (Å²) in [6.07, 6.45) is 0. The highest BCUT2D eigenvalue weighted by atomic mass is 32.2. The fourth-order valence-corrected chi connectivity index (χ4v) is 3.67. The molecule has 1 amide bonds. The van der Waals surface area contributed by atoms with E-state index in [1.54, 1.807) is 19.2 Å². The molecule has 0 aromatic heterocycles. The minimum absolute atomic E-state index is 0.126. The van der Waals surface area contributed by atoms with E-state index in [2.05, 4.69) is 5.32 Å². The minimum Gasteiger partial charge on any atom is -0.484 e. The number of hydrogen-bond donors (Lipinski definition) is 1. The molecule has 0 aliphatic rings. The summed E-state index contributed by atoms with van der Waals surface area (Å²) in [6, 6.07) is 11.6. The van der Waals surface area contributed by atoms with E-state index in [4.69, 9.17) is 4.74 Å². The Morgan fingerprint density at radius 2 is 1.70 bits per heavy atom. The maximum Gasteiger partial charge on any atom is 0.262 e. The predicted molar refractivity (Wildman–Crippen MR) is 107 cm³/mol. The van der Waals surface area contributed by atoms with Crippen LogP contribution in [0.15, 0.2) is 47.4 Å². The summed E-state index contributed by atoms with van der Waals surface area (Å²) in [6.45, 7) is 7.48. The largest absolute Gasteiger partial charge is 0.484 e. The van der Waals surface area contributed by atoms with Crippen LogP contribution in [-0.2, 0) is 14.8 Å². The van der Waals surface area contributed by atoms with Crippen LogP contribution in [-0.4, -0.2) is 38.3 Å². The Morgan fingerprint density at radius 3 is 2.26 bits per heavy atom. The molecule has 0 aliphatic carbocycles. The number of hydrogen-bond acceptors (Lipinski definition) is 4. The van der Waals surface area contributed by atoms with Crippen LogP contribution in [0.1, 0.15) is 25.0 Å². The van der Waals surface area contributed by atoms with Gasteiger partial charge in [-0.1, -0.05) is 6.07 Å². The van der Waals surface area contributed by atoms with Crippen LogP contribution in [0.3, 0.4) is 0 Å². The molecule has 0 spiro atoms. The quantitative estimate of drug-likeness (QED) is 0.787. The molecule has 0 unspecified atom stereocenters. The Labute approximate surface area is 161 Å². The van der Waals surface area contributed by atoms with Crippen molar-refractivity contribution in [3.05, 3.63) is 53.6 Å². The van der Waals surface area contributed by atoms with Crippen molar-refractivity contribution < 1.29 is 17.9 Å². The molecule has 0 heterocycles. The molecule has 7 heteroatoms. The zero-order valence-electron chi connectivity index (χ0n) is 16.3. The van der Waals surface area contributed by atoms with Gasteiger partial charge < -0.3 is 10.1 Å². The van der Waals surface area contributed by atoms with Gasteiger partial charge in [0.2, 0.25) is 10.0 Å². The van der Waals surface area contributed by atoms with Crippen molar-refractivity contribution in [3.63, 3.8) is 0 Å². The third kappa shape index (κ3) is 5.30. The van der Waals surface area contributed by atoms with Crippen LogP contribution in [0.2, 0.25) is 0 Å². The van der Waals surface area contributed by atoms with E-state index in [1.165, 1.54) is 16.4 Å².